The van der Waals surface area contributed by atoms with Gasteiger partial charge in [-0.3, -0.25) is 4.79 Å². The fourth-order valence-corrected chi connectivity index (χ4v) is 3.92. The van der Waals surface area contributed by atoms with Crippen molar-refractivity contribution in [3.8, 4) is 23.3 Å². The molecule has 1 aliphatic heterocycles. The molecule has 3 aromatic rings. The molecule has 0 unspecified atom stereocenters. The summed E-state index contributed by atoms with van der Waals surface area (Å²) in [5.74, 6) is 1.86. The topological polar surface area (TPSA) is 87.9 Å². The van der Waals surface area contributed by atoms with E-state index in [1.807, 2.05) is 35.2 Å². The molecule has 8 heteroatoms. The third-order valence-electron chi connectivity index (χ3n) is 5.71. The first-order valence-electron chi connectivity index (χ1n) is 11.0. The van der Waals surface area contributed by atoms with Crippen LogP contribution in [0.3, 0.4) is 0 Å². The summed E-state index contributed by atoms with van der Waals surface area (Å²) in [5.41, 5.74) is 2.00. The number of pyridine rings is 1. The second-order valence-corrected chi connectivity index (χ2v) is 7.75. The molecule has 1 aliphatic rings. The molecule has 0 saturated carbocycles. The molecule has 0 atom stereocenters. The van der Waals surface area contributed by atoms with Gasteiger partial charge < -0.3 is 24.0 Å². The Bertz CT molecular complexity index is 1160. The average Bonchev–Trinajstić information content (AvgIpc) is 2.91. The zero-order valence-electron chi connectivity index (χ0n) is 19.2. The second-order valence-electron chi connectivity index (χ2n) is 7.75. The molecule has 1 fully saturated rings. The number of amides is 1. The zero-order valence-corrected chi connectivity index (χ0v) is 19.2. The van der Waals surface area contributed by atoms with Gasteiger partial charge in [0.25, 0.3) is 5.91 Å². The van der Waals surface area contributed by atoms with Crippen LogP contribution in [0.1, 0.15) is 21.5 Å². The van der Waals surface area contributed by atoms with Crippen LogP contribution in [-0.4, -0.2) is 56.2 Å². The predicted molar refractivity (Wildman–Crippen MR) is 127 cm³/mol. The van der Waals surface area contributed by atoms with Gasteiger partial charge in [0, 0.05) is 37.9 Å². The lowest BCUT2D eigenvalue weighted by atomic mass is 10.1. The first-order chi connectivity index (χ1) is 16.6. The molecule has 2 heterocycles. The summed E-state index contributed by atoms with van der Waals surface area (Å²) in [6, 6.07) is 18.8. The van der Waals surface area contributed by atoms with Gasteiger partial charge in [-0.15, -0.1) is 0 Å². The van der Waals surface area contributed by atoms with Gasteiger partial charge in [0.2, 0.25) is 5.75 Å². The summed E-state index contributed by atoms with van der Waals surface area (Å²) in [4.78, 5) is 21.4. The Morgan fingerprint density at radius 3 is 2.29 bits per heavy atom. The Balaban J connectivity index is 1.48. The van der Waals surface area contributed by atoms with Crippen LogP contribution in [-0.2, 0) is 6.61 Å². The van der Waals surface area contributed by atoms with Crippen LogP contribution in [0.5, 0.6) is 17.2 Å². The number of hydrogen-bond donors (Lipinski definition) is 0. The van der Waals surface area contributed by atoms with E-state index in [4.69, 9.17) is 14.2 Å². The molecule has 34 heavy (non-hydrogen) atoms. The number of piperazine rings is 1. The number of rotatable bonds is 7. The van der Waals surface area contributed by atoms with Crippen molar-refractivity contribution >= 4 is 11.7 Å². The minimum absolute atomic E-state index is 0.118. The van der Waals surface area contributed by atoms with E-state index < -0.39 is 0 Å². The van der Waals surface area contributed by atoms with Crippen LogP contribution in [0, 0.1) is 11.3 Å². The van der Waals surface area contributed by atoms with Crippen molar-refractivity contribution in [2.45, 2.75) is 6.61 Å². The largest absolute Gasteiger partial charge is 0.493 e. The normalized spacial score (nSPS) is 13.2. The maximum absolute atomic E-state index is 13.3. The van der Waals surface area contributed by atoms with Gasteiger partial charge in [-0.25, -0.2) is 4.98 Å². The third-order valence-corrected chi connectivity index (χ3v) is 5.71. The van der Waals surface area contributed by atoms with E-state index in [-0.39, 0.29) is 5.91 Å². The van der Waals surface area contributed by atoms with Crippen LogP contribution < -0.4 is 19.1 Å². The molecule has 1 aromatic heterocycles. The van der Waals surface area contributed by atoms with Crippen LogP contribution >= 0.6 is 0 Å². The molecule has 0 radical (unpaired) electrons. The number of ether oxygens (including phenoxy) is 3. The monoisotopic (exact) mass is 458 g/mol. The Labute approximate surface area is 198 Å². The second kappa shape index (κ2) is 10.6. The van der Waals surface area contributed by atoms with Crippen molar-refractivity contribution < 1.29 is 19.0 Å². The van der Waals surface area contributed by atoms with E-state index in [0.717, 1.165) is 5.56 Å². The SMILES string of the molecule is COc1cc(C(=O)N2CCN(c3ncccc3C#N)CC2)cc(OC)c1OCc1ccccc1. The number of carbonyl (C=O) groups excluding carboxylic acids is 1. The maximum Gasteiger partial charge on any atom is 0.254 e. The average molecular weight is 459 g/mol. The van der Waals surface area contributed by atoms with Crippen LogP contribution in [0.4, 0.5) is 5.82 Å². The van der Waals surface area contributed by atoms with Gasteiger partial charge >= 0.3 is 0 Å². The van der Waals surface area contributed by atoms with Crippen molar-refractivity contribution in [2.75, 3.05) is 45.3 Å². The molecule has 4 rings (SSSR count). The highest BCUT2D eigenvalue weighted by Crippen LogP contribution is 2.39. The van der Waals surface area contributed by atoms with Crippen molar-refractivity contribution in [1.82, 2.24) is 9.88 Å². The Morgan fingerprint density at radius 2 is 1.68 bits per heavy atom. The van der Waals surface area contributed by atoms with Gasteiger partial charge in [0.15, 0.2) is 11.5 Å². The molecular weight excluding hydrogens is 432 g/mol. The number of carbonyl (C=O) groups is 1. The number of hydrogen-bond acceptors (Lipinski definition) is 7. The zero-order chi connectivity index (χ0) is 23.9. The highest BCUT2D eigenvalue weighted by molar-refractivity contribution is 5.96. The minimum Gasteiger partial charge on any atom is -0.493 e. The smallest absolute Gasteiger partial charge is 0.254 e. The predicted octanol–water partition coefficient (Wildman–Crippen LogP) is 3.51. The number of benzene rings is 2. The number of nitrogens with zero attached hydrogens (tertiary/aromatic N) is 4. The molecule has 8 nitrogen and oxygen atoms in total. The van der Waals surface area contributed by atoms with Crippen LogP contribution in [0.25, 0.3) is 0 Å². The molecule has 1 saturated heterocycles. The maximum atomic E-state index is 13.3. The summed E-state index contributed by atoms with van der Waals surface area (Å²) in [7, 11) is 3.08. The van der Waals surface area contributed by atoms with Crippen molar-refractivity contribution in [3.05, 3.63) is 77.5 Å². The fraction of sp³-hybridized carbons (Fsp3) is 0.269. The summed E-state index contributed by atoms with van der Waals surface area (Å²) in [5, 5.41) is 9.35. The molecule has 0 spiro atoms. The summed E-state index contributed by atoms with van der Waals surface area (Å²) in [6.45, 7) is 2.54. The van der Waals surface area contributed by atoms with Crippen LogP contribution in [0.2, 0.25) is 0 Å². The highest BCUT2D eigenvalue weighted by Gasteiger charge is 2.26. The molecule has 0 bridgehead atoms. The van der Waals surface area contributed by atoms with E-state index >= 15 is 0 Å². The minimum atomic E-state index is -0.118. The van der Waals surface area contributed by atoms with Gasteiger partial charge in [-0.2, -0.15) is 5.26 Å². The first-order valence-corrected chi connectivity index (χ1v) is 11.0. The summed E-state index contributed by atoms with van der Waals surface area (Å²) in [6.07, 6.45) is 1.67. The van der Waals surface area contributed by atoms with Crippen molar-refractivity contribution in [1.29, 1.82) is 5.26 Å². The van der Waals surface area contributed by atoms with Gasteiger partial charge in [0.1, 0.15) is 18.5 Å². The first kappa shape index (κ1) is 22.9. The number of aromatic nitrogens is 1. The third kappa shape index (κ3) is 4.89. The van der Waals surface area contributed by atoms with Crippen LogP contribution in [0.15, 0.2) is 60.8 Å². The number of nitriles is 1. The molecule has 2 aromatic carbocycles. The quantitative estimate of drug-likeness (QED) is 0.535. The van der Waals surface area contributed by atoms with E-state index in [0.29, 0.717) is 67.0 Å². The van der Waals surface area contributed by atoms with E-state index in [1.165, 1.54) is 14.2 Å². The lowest BCUT2D eigenvalue weighted by molar-refractivity contribution is 0.0745. The lowest BCUT2D eigenvalue weighted by Gasteiger charge is -2.35. The van der Waals surface area contributed by atoms with Gasteiger partial charge in [-0.05, 0) is 29.8 Å². The van der Waals surface area contributed by atoms with Gasteiger partial charge in [0.05, 0.1) is 19.8 Å². The molecule has 1 amide bonds. The van der Waals surface area contributed by atoms with E-state index in [9.17, 15) is 10.1 Å². The number of methoxy groups -OCH3 is 2. The summed E-state index contributed by atoms with van der Waals surface area (Å²) >= 11 is 0. The van der Waals surface area contributed by atoms with E-state index in [1.54, 1.807) is 35.4 Å². The highest BCUT2D eigenvalue weighted by atomic mass is 16.5. The number of anilines is 1. The standard InChI is InChI=1S/C26H26N4O4/c1-32-22-15-21(16-23(33-2)24(22)34-18-19-7-4-3-5-8-19)26(31)30-13-11-29(12-14-30)25-20(17-27)9-6-10-28-25/h3-10,15-16H,11-14,18H2,1-2H3. The Hall–Kier alpha value is -4.25. The van der Waals surface area contributed by atoms with E-state index in [2.05, 4.69) is 11.1 Å². The molecule has 174 valence electrons. The molecule has 0 N–H and O–H groups in total. The Kier molecular flexibility index (Phi) is 7.13. The molecular formula is C26H26N4O4. The fourth-order valence-electron chi connectivity index (χ4n) is 3.92. The van der Waals surface area contributed by atoms with Crippen molar-refractivity contribution in [3.63, 3.8) is 0 Å². The van der Waals surface area contributed by atoms with Gasteiger partial charge in [-0.1, -0.05) is 30.3 Å². The molecule has 0 aliphatic carbocycles. The van der Waals surface area contributed by atoms with Crippen molar-refractivity contribution in [2.24, 2.45) is 0 Å². The Morgan fingerprint density at radius 1 is 1.00 bits per heavy atom. The summed E-state index contributed by atoms with van der Waals surface area (Å²) < 4.78 is 17.1. The lowest BCUT2D eigenvalue weighted by Crippen LogP contribution is -2.49.